The van der Waals surface area contributed by atoms with Gasteiger partial charge in [0.25, 0.3) is 5.91 Å². The molecule has 3 aliphatic heterocycles. The number of anilines is 1. The van der Waals surface area contributed by atoms with Crippen LogP contribution in [0.4, 0.5) is 10.2 Å². The van der Waals surface area contributed by atoms with Gasteiger partial charge in [-0.2, -0.15) is 0 Å². The summed E-state index contributed by atoms with van der Waals surface area (Å²) in [7, 11) is 0. The molecule has 4 heterocycles. The number of nitrogens with one attached hydrogen (secondary N) is 1. The van der Waals surface area contributed by atoms with E-state index in [1.54, 1.807) is 0 Å². The SMILES string of the molecule is CCc1cc2c(nc1N1CC[C@@H](Oc3ccc4c(c3)COC4)[C@H](F)C1)CNC2=O. The molecule has 0 saturated carbocycles. The minimum atomic E-state index is -1.12. The van der Waals surface area contributed by atoms with Gasteiger partial charge in [-0.15, -0.1) is 0 Å². The van der Waals surface area contributed by atoms with E-state index in [4.69, 9.17) is 14.5 Å². The van der Waals surface area contributed by atoms with Crippen molar-refractivity contribution in [1.29, 1.82) is 0 Å². The van der Waals surface area contributed by atoms with Crippen LogP contribution in [-0.2, 0) is 30.9 Å². The Morgan fingerprint density at radius 3 is 3.00 bits per heavy atom. The summed E-state index contributed by atoms with van der Waals surface area (Å²) in [5.74, 6) is 1.41. The van der Waals surface area contributed by atoms with Crippen LogP contribution in [0, 0.1) is 0 Å². The average molecular weight is 397 g/mol. The molecule has 29 heavy (non-hydrogen) atoms. The number of carbonyl (C=O) groups is 1. The van der Waals surface area contributed by atoms with E-state index in [-0.39, 0.29) is 12.5 Å². The Morgan fingerprint density at radius 2 is 2.17 bits per heavy atom. The Bertz CT molecular complexity index is 965. The van der Waals surface area contributed by atoms with Gasteiger partial charge in [0.15, 0.2) is 6.17 Å². The number of ether oxygens (including phenoxy) is 2. The molecule has 1 fully saturated rings. The van der Waals surface area contributed by atoms with Crippen LogP contribution in [0.3, 0.4) is 0 Å². The van der Waals surface area contributed by atoms with E-state index in [1.807, 2.05) is 36.1 Å². The molecule has 0 bridgehead atoms. The Labute approximate surface area is 169 Å². The van der Waals surface area contributed by atoms with E-state index < -0.39 is 12.3 Å². The molecule has 6 nitrogen and oxygen atoms in total. The lowest BCUT2D eigenvalue weighted by Crippen LogP contribution is -2.47. The summed E-state index contributed by atoms with van der Waals surface area (Å²) in [6, 6.07) is 7.76. The van der Waals surface area contributed by atoms with Gasteiger partial charge >= 0.3 is 0 Å². The maximum atomic E-state index is 15.0. The van der Waals surface area contributed by atoms with E-state index in [2.05, 4.69) is 5.32 Å². The monoisotopic (exact) mass is 397 g/mol. The molecular weight excluding hydrogens is 373 g/mol. The van der Waals surface area contributed by atoms with Crippen LogP contribution in [0.25, 0.3) is 0 Å². The van der Waals surface area contributed by atoms with Gasteiger partial charge in [-0.05, 0) is 41.3 Å². The fourth-order valence-electron chi connectivity index (χ4n) is 4.31. The zero-order valence-corrected chi connectivity index (χ0v) is 16.4. The molecule has 0 radical (unpaired) electrons. The number of carbonyl (C=O) groups excluding carboxylic acids is 1. The molecule has 3 aliphatic rings. The molecule has 1 aromatic heterocycles. The predicted molar refractivity (Wildman–Crippen MR) is 106 cm³/mol. The highest BCUT2D eigenvalue weighted by Gasteiger charge is 2.33. The third kappa shape index (κ3) is 3.33. The summed E-state index contributed by atoms with van der Waals surface area (Å²) in [6.45, 7) is 4.59. The molecule has 152 valence electrons. The number of benzene rings is 1. The fourth-order valence-corrected chi connectivity index (χ4v) is 4.31. The van der Waals surface area contributed by atoms with Crippen LogP contribution in [0.15, 0.2) is 24.3 Å². The van der Waals surface area contributed by atoms with Crippen molar-refractivity contribution in [2.45, 2.75) is 51.8 Å². The Balaban J connectivity index is 1.31. The van der Waals surface area contributed by atoms with Gasteiger partial charge in [0.2, 0.25) is 0 Å². The quantitative estimate of drug-likeness (QED) is 0.860. The molecule has 2 aromatic rings. The summed E-state index contributed by atoms with van der Waals surface area (Å²) in [6.07, 6.45) is -0.274. The lowest BCUT2D eigenvalue weighted by molar-refractivity contribution is 0.0817. The van der Waals surface area contributed by atoms with Gasteiger partial charge in [-0.3, -0.25) is 4.79 Å². The molecule has 5 rings (SSSR count). The van der Waals surface area contributed by atoms with Crippen LogP contribution in [0.2, 0.25) is 0 Å². The number of pyridine rings is 1. The van der Waals surface area contributed by atoms with Crippen molar-refractivity contribution in [2.24, 2.45) is 0 Å². The second kappa shape index (κ2) is 7.30. The number of rotatable bonds is 4. The van der Waals surface area contributed by atoms with E-state index in [1.165, 1.54) is 5.56 Å². The van der Waals surface area contributed by atoms with E-state index >= 15 is 4.39 Å². The average Bonchev–Trinajstić information content (AvgIpc) is 3.34. The topological polar surface area (TPSA) is 63.7 Å². The Morgan fingerprint density at radius 1 is 1.31 bits per heavy atom. The second-order valence-electron chi connectivity index (χ2n) is 7.83. The standard InChI is InChI=1S/C22H24FN3O3/c1-2-13-8-17-19(9-24-22(17)27)25-21(13)26-6-5-20(18(23)10-26)29-16-4-3-14-11-28-12-15(14)7-16/h3-4,7-8,18,20H,2,5-6,9-12H2,1H3,(H,24,27)/t18-,20-/m1/s1. The van der Waals surface area contributed by atoms with Gasteiger partial charge in [0.05, 0.1) is 37.6 Å². The van der Waals surface area contributed by atoms with Crippen molar-refractivity contribution in [3.05, 3.63) is 52.2 Å². The van der Waals surface area contributed by atoms with Crippen molar-refractivity contribution >= 4 is 11.7 Å². The molecule has 0 spiro atoms. The maximum absolute atomic E-state index is 15.0. The van der Waals surface area contributed by atoms with Crippen LogP contribution in [0.1, 0.15) is 46.1 Å². The molecule has 1 N–H and O–H groups in total. The van der Waals surface area contributed by atoms with Crippen LogP contribution < -0.4 is 15.0 Å². The largest absolute Gasteiger partial charge is 0.487 e. The number of hydrogen-bond acceptors (Lipinski definition) is 5. The van der Waals surface area contributed by atoms with Crippen molar-refractivity contribution in [3.63, 3.8) is 0 Å². The van der Waals surface area contributed by atoms with Gasteiger partial charge in [0.1, 0.15) is 17.7 Å². The normalized spacial score (nSPS) is 23.0. The van der Waals surface area contributed by atoms with Gasteiger partial charge in [-0.25, -0.2) is 9.37 Å². The molecule has 0 unspecified atom stereocenters. The number of alkyl halides is 1. The summed E-state index contributed by atoms with van der Waals surface area (Å²) in [4.78, 5) is 18.6. The molecule has 0 aliphatic carbocycles. The number of hydrogen-bond donors (Lipinski definition) is 1. The first-order valence-corrected chi connectivity index (χ1v) is 10.2. The summed E-state index contributed by atoms with van der Waals surface area (Å²) >= 11 is 0. The van der Waals surface area contributed by atoms with Crippen molar-refractivity contribution in [3.8, 4) is 5.75 Å². The first kappa shape index (κ1) is 18.4. The Kier molecular flexibility index (Phi) is 4.62. The minimum Gasteiger partial charge on any atom is -0.487 e. The van der Waals surface area contributed by atoms with Crippen molar-refractivity contribution in [2.75, 3.05) is 18.0 Å². The number of halogens is 1. The van der Waals surface area contributed by atoms with Gasteiger partial charge in [0, 0.05) is 13.0 Å². The lowest BCUT2D eigenvalue weighted by atomic mass is 10.0. The minimum absolute atomic E-state index is 0.0797. The fraction of sp³-hybridized carbons (Fsp3) is 0.455. The number of fused-ring (bicyclic) bond motifs is 2. The van der Waals surface area contributed by atoms with Gasteiger partial charge < -0.3 is 19.7 Å². The lowest BCUT2D eigenvalue weighted by Gasteiger charge is -2.36. The molecule has 1 saturated heterocycles. The van der Waals surface area contributed by atoms with E-state index in [9.17, 15) is 4.79 Å². The molecule has 7 heteroatoms. The van der Waals surface area contributed by atoms with Crippen LogP contribution >= 0.6 is 0 Å². The smallest absolute Gasteiger partial charge is 0.253 e. The summed E-state index contributed by atoms with van der Waals surface area (Å²) in [5, 5.41) is 2.80. The predicted octanol–water partition coefficient (Wildman–Crippen LogP) is 2.91. The highest BCUT2D eigenvalue weighted by atomic mass is 19.1. The second-order valence-corrected chi connectivity index (χ2v) is 7.83. The van der Waals surface area contributed by atoms with Crippen molar-refractivity contribution < 1.29 is 18.7 Å². The molecular formula is C22H24FN3O3. The van der Waals surface area contributed by atoms with E-state index in [0.29, 0.717) is 44.0 Å². The van der Waals surface area contributed by atoms with Crippen LogP contribution in [0.5, 0.6) is 5.75 Å². The van der Waals surface area contributed by atoms with E-state index in [0.717, 1.165) is 29.1 Å². The zero-order valence-electron chi connectivity index (χ0n) is 16.4. The highest BCUT2D eigenvalue weighted by molar-refractivity contribution is 5.98. The first-order valence-electron chi connectivity index (χ1n) is 10.2. The van der Waals surface area contributed by atoms with Crippen LogP contribution in [-0.4, -0.2) is 36.3 Å². The first-order chi connectivity index (χ1) is 14.1. The van der Waals surface area contributed by atoms with Gasteiger partial charge in [-0.1, -0.05) is 13.0 Å². The number of amides is 1. The zero-order chi connectivity index (χ0) is 20.0. The Hall–Kier alpha value is -2.67. The summed E-state index contributed by atoms with van der Waals surface area (Å²) < 4.78 is 26.5. The molecule has 1 amide bonds. The third-order valence-corrected chi connectivity index (χ3v) is 5.96. The third-order valence-electron chi connectivity index (χ3n) is 5.96. The van der Waals surface area contributed by atoms with Crippen molar-refractivity contribution in [1.82, 2.24) is 10.3 Å². The summed E-state index contributed by atoms with van der Waals surface area (Å²) in [5.41, 5.74) is 4.66. The molecule has 1 aromatic carbocycles. The highest BCUT2D eigenvalue weighted by Crippen LogP contribution is 2.30. The number of nitrogens with zero attached hydrogens (tertiary/aromatic N) is 2. The number of aryl methyl sites for hydroxylation is 1. The number of piperidine rings is 1. The number of aromatic nitrogens is 1. The molecule has 2 atom stereocenters. The maximum Gasteiger partial charge on any atom is 0.253 e.